The fraction of sp³-hybridized carbons (Fsp3) is 0.700. The molecule has 0 aromatic carbocycles. The lowest BCUT2D eigenvalue weighted by molar-refractivity contribution is -0.122. The van der Waals surface area contributed by atoms with Crippen LogP contribution in [0.1, 0.15) is 26.2 Å². The average molecular weight is 208 g/mol. The summed E-state index contributed by atoms with van der Waals surface area (Å²) in [6.07, 6.45) is 6.41. The summed E-state index contributed by atoms with van der Waals surface area (Å²) in [7, 11) is 0. The second kappa shape index (κ2) is 4.42. The van der Waals surface area contributed by atoms with E-state index in [9.17, 15) is 4.79 Å². The van der Waals surface area contributed by atoms with Crippen molar-refractivity contribution in [2.45, 2.75) is 38.8 Å². The first-order valence-corrected chi connectivity index (χ1v) is 5.36. The van der Waals surface area contributed by atoms with Gasteiger partial charge in [0.25, 0.3) is 0 Å². The van der Waals surface area contributed by atoms with Gasteiger partial charge in [-0.25, -0.2) is 9.67 Å². The van der Waals surface area contributed by atoms with E-state index in [4.69, 9.17) is 0 Å². The molecule has 82 valence electrons. The van der Waals surface area contributed by atoms with E-state index in [1.165, 1.54) is 17.4 Å². The molecule has 2 unspecified atom stereocenters. The maximum atomic E-state index is 11.6. The van der Waals surface area contributed by atoms with Gasteiger partial charge in [0.2, 0.25) is 5.91 Å². The summed E-state index contributed by atoms with van der Waals surface area (Å²) in [6.45, 7) is 2.49. The summed E-state index contributed by atoms with van der Waals surface area (Å²) in [5, 5.41) is 6.91. The third-order valence-corrected chi connectivity index (χ3v) is 2.83. The van der Waals surface area contributed by atoms with Gasteiger partial charge in [-0.2, -0.15) is 5.10 Å². The molecule has 1 aliphatic rings. The van der Waals surface area contributed by atoms with E-state index in [1.807, 2.05) is 0 Å². The molecule has 5 heteroatoms. The number of nitrogens with one attached hydrogen (secondary N) is 1. The number of amides is 1. The zero-order chi connectivity index (χ0) is 10.7. The van der Waals surface area contributed by atoms with Crippen LogP contribution in [0.5, 0.6) is 0 Å². The summed E-state index contributed by atoms with van der Waals surface area (Å²) < 4.78 is 1.54. The van der Waals surface area contributed by atoms with Crippen LogP contribution in [0, 0.1) is 5.92 Å². The minimum absolute atomic E-state index is 0.0274. The number of hydrogen-bond donors (Lipinski definition) is 1. The Morgan fingerprint density at radius 1 is 1.60 bits per heavy atom. The summed E-state index contributed by atoms with van der Waals surface area (Å²) in [5.41, 5.74) is 0. The predicted octanol–water partition coefficient (Wildman–Crippen LogP) is 0.583. The number of carbonyl (C=O) groups excluding carboxylic acids is 1. The van der Waals surface area contributed by atoms with Crippen LogP contribution in [0.15, 0.2) is 12.7 Å². The minimum atomic E-state index is 0.0274. The molecule has 0 aliphatic heterocycles. The fourth-order valence-corrected chi connectivity index (χ4v) is 2.07. The summed E-state index contributed by atoms with van der Waals surface area (Å²) in [4.78, 5) is 15.4. The Morgan fingerprint density at radius 3 is 3.07 bits per heavy atom. The Bertz CT molecular complexity index is 322. The minimum Gasteiger partial charge on any atom is -0.352 e. The molecule has 1 amide bonds. The van der Waals surface area contributed by atoms with Crippen molar-refractivity contribution in [3.8, 4) is 0 Å². The van der Waals surface area contributed by atoms with Gasteiger partial charge in [-0.05, 0) is 25.2 Å². The molecular formula is C10H16N4O. The quantitative estimate of drug-likeness (QED) is 0.790. The second-order valence-corrected chi connectivity index (χ2v) is 4.28. The van der Waals surface area contributed by atoms with Gasteiger partial charge in [0.15, 0.2) is 0 Å². The number of nitrogens with zero attached hydrogens (tertiary/aromatic N) is 3. The highest BCUT2D eigenvalue weighted by molar-refractivity contribution is 5.75. The Labute approximate surface area is 88.9 Å². The van der Waals surface area contributed by atoms with E-state index < -0.39 is 0 Å². The van der Waals surface area contributed by atoms with Gasteiger partial charge >= 0.3 is 0 Å². The zero-order valence-electron chi connectivity index (χ0n) is 8.89. The molecule has 0 bridgehead atoms. The lowest BCUT2D eigenvalue weighted by atomic mass is 10.1. The number of carbonyl (C=O) groups is 1. The van der Waals surface area contributed by atoms with Gasteiger partial charge in [-0.15, -0.1) is 0 Å². The lowest BCUT2D eigenvalue weighted by Gasteiger charge is -2.11. The van der Waals surface area contributed by atoms with Crippen LogP contribution >= 0.6 is 0 Å². The molecule has 15 heavy (non-hydrogen) atoms. The van der Waals surface area contributed by atoms with Crippen LogP contribution in [-0.2, 0) is 11.3 Å². The van der Waals surface area contributed by atoms with Gasteiger partial charge in [0.1, 0.15) is 19.2 Å². The van der Waals surface area contributed by atoms with Gasteiger partial charge in [0.05, 0.1) is 0 Å². The molecule has 0 spiro atoms. The molecule has 1 N–H and O–H groups in total. The zero-order valence-corrected chi connectivity index (χ0v) is 8.89. The molecule has 0 saturated heterocycles. The predicted molar refractivity (Wildman–Crippen MR) is 55.0 cm³/mol. The molecular weight excluding hydrogens is 192 g/mol. The van der Waals surface area contributed by atoms with Crippen molar-refractivity contribution in [2.24, 2.45) is 5.92 Å². The Morgan fingerprint density at radius 2 is 2.47 bits per heavy atom. The maximum absolute atomic E-state index is 11.6. The third-order valence-electron chi connectivity index (χ3n) is 2.83. The fourth-order valence-electron chi connectivity index (χ4n) is 2.07. The molecule has 1 saturated carbocycles. The van der Waals surface area contributed by atoms with Crippen molar-refractivity contribution in [3.63, 3.8) is 0 Å². The standard InChI is InChI=1S/C10H16N4O/c1-8-2-3-9(4-8)13-10(15)5-14-7-11-6-12-14/h6-9H,2-5H2,1H3,(H,13,15). The largest absolute Gasteiger partial charge is 0.352 e. The summed E-state index contributed by atoms with van der Waals surface area (Å²) >= 11 is 0. The smallest absolute Gasteiger partial charge is 0.242 e. The van der Waals surface area contributed by atoms with Crippen molar-refractivity contribution >= 4 is 5.91 Å². The first-order valence-electron chi connectivity index (χ1n) is 5.36. The highest BCUT2D eigenvalue weighted by Crippen LogP contribution is 2.24. The average Bonchev–Trinajstić information content (AvgIpc) is 2.77. The van der Waals surface area contributed by atoms with Crippen LogP contribution < -0.4 is 5.32 Å². The SMILES string of the molecule is CC1CCC(NC(=O)Cn2cncn2)C1. The molecule has 1 aliphatic carbocycles. The van der Waals surface area contributed by atoms with E-state index in [0.717, 1.165) is 18.8 Å². The van der Waals surface area contributed by atoms with Crippen molar-refractivity contribution < 1.29 is 4.79 Å². The van der Waals surface area contributed by atoms with Gasteiger partial charge in [0, 0.05) is 6.04 Å². The normalized spacial score (nSPS) is 25.4. The van der Waals surface area contributed by atoms with Crippen LogP contribution in [-0.4, -0.2) is 26.7 Å². The van der Waals surface area contributed by atoms with Crippen LogP contribution in [0.3, 0.4) is 0 Å². The Balaban J connectivity index is 1.78. The lowest BCUT2D eigenvalue weighted by Crippen LogP contribution is -2.35. The van der Waals surface area contributed by atoms with E-state index in [1.54, 1.807) is 6.33 Å². The van der Waals surface area contributed by atoms with Crippen molar-refractivity contribution in [1.82, 2.24) is 20.1 Å². The summed E-state index contributed by atoms with van der Waals surface area (Å²) in [5.74, 6) is 0.765. The van der Waals surface area contributed by atoms with E-state index in [0.29, 0.717) is 6.04 Å². The Kier molecular flexibility index (Phi) is 2.99. The van der Waals surface area contributed by atoms with Crippen LogP contribution in [0.4, 0.5) is 0 Å². The molecule has 5 nitrogen and oxygen atoms in total. The topological polar surface area (TPSA) is 59.8 Å². The third kappa shape index (κ3) is 2.78. The van der Waals surface area contributed by atoms with Crippen molar-refractivity contribution in [1.29, 1.82) is 0 Å². The van der Waals surface area contributed by atoms with E-state index in [-0.39, 0.29) is 12.5 Å². The van der Waals surface area contributed by atoms with Gasteiger partial charge in [-0.1, -0.05) is 6.92 Å². The molecule has 2 rings (SSSR count). The molecule has 1 fully saturated rings. The second-order valence-electron chi connectivity index (χ2n) is 4.28. The van der Waals surface area contributed by atoms with Crippen molar-refractivity contribution in [3.05, 3.63) is 12.7 Å². The number of hydrogen-bond acceptors (Lipinski definition) is 3. The van der Waals surface area contributed by atoms with E-state index >= 15 is 0 Å². The monoisotopic (exact) mass is 208 g/mol. The summed E-state index contributed by atoms with van der Waals surface area (Å²) in [6, 6.07) is 0.357. The molecule has 1 heterocycles. The van der Waals surface area contributed by atoms with Crippen LogP contribution in [0.25, 0.3) is 0 Å². The molecule has 1 aromatic heterocycles. The molecule has 1 aromatic rings. The highest BCUT2D eigenvalue weighted by atomic mass is 16.2. The van der Waals surface area contributed by atoms with Gasteiger partial charge < -0.3 is 5.32 Å². The molecule has 0 radical (unpaired) electrons. The van der Waals surface area contributed by atoms with Crippen LogP contribution in [0.2, 0.25) is 0 Å². The number of aromatic nitrogens is 3. The van der Waals surface area contributed by atoms with E-state index in [2.05, 4.69) is 22.3 Å². The van der Waals surface area contributed by atoms with Gasteiger partial charge in [-0.3, -0.25) is 4.79 Å². The molecule has 2 atom stereocenters. The number of rotatable bonds is 3. The van der Waals surface area contributed by atoms with Crippen molar-refractivity contribution in [2.75, 3.05) is 0 Å². The highest BCUT2D eigenvalue weighted by Gasteiger charge is 2.22. The first-order chi connectivity index (χ1) is 7.24. The maximum Gasteiger partial charge on any atom is 0.242 e. The first kappa shape index (κ1) is 10.1. The Hall–Kier alpha value is -1.39.